The molecule has 2 aromatic rings. The van der Waals surface area contributed by atoms with Crippen molar-refractivity contribution >= 4 is 26.8 Å². The van der Waals surface area contributed by atoms with Crippen molar-refractivity contribution in [2.45, 2.75) is 0 Å². The molecule has 1 aromatic heterocycles. The van der Waals surface area contributed by atoms with Crippen molar-refractivity contribution in [2.75, 3.05) is 0 Å². The molecule has 0 fully saturated rings. The van der Waals surface area contributed by atoms with Gasteiger partial charge in [0.05, 0.1) is 17.3 Å². The van der Waals surface area contributed by atoms with Crippen molar-refractivity contribution < 1.29 is 0 Å². The fourth-order valence-corrected chi connectivity index (χ4v) is 1.53. The third-order valence-corrected chi connectivity index (χ3v) is 2.37. The second-order valence-electron chi connectivity index (χ2n) is 2.37. The molecule has 0 radical (unpaired) electrons. The Kier molecular flexibility index (Phi) is 1.59. The fourth-order valence-electron chi connectivity index (χ4n) is 1.10. The summed E-state index contributed by atoms with van der Waals surface area (Å²) < 4.78 is 0.949. The number of halogens is 1. The van der Waals surface area contributed by atoms with Crippen LogP contribution in [0.15, 0.2) is 22.8 Å². The van der Waals surface area contributed by atoms with E-state index in [1.165, 1.54) is 0 Å². The van der Waals surface area contributed by atoms with Crippen LogP contribution in [-0.2, 0) is 0 Å². The van der Waals surface area contributed by atoms with E-state index in [-0.39, 0.29) is 0 Å². The minimum Gasteiger partial charge on any atom is -0.276 e. The van der Waals surface area contributed by atoms with Gasteiger partial charge in [-0.25, -0.2) is 0 Å². The molecule has 2 rings (SSSR count). The molecule has 0 aliphatic carbocycles. The molecule has 0 saturated carbocycles. The standard InChI is InChI=1S/C8H4BrN3/c9-7-2-1-5(3-10)8-6(7)4-11-12-8/h1-2,4H,(H,11,12). The number of hydrogen-bond donors (Lipinski definition) is 1. The Balaban J connectivity index is 2.94. The molecule has 1 heterocycles. The topological polar surface area (TPSA) is 52.5 Å². The highest BCUT2D eigenvalue weighted by Crippen LogP contribution is 2.24. The van der Waals surface area contributed by atoms with Crippen LogP contribution in [0.2, 0.25) is 0 Å². The summed E-state index contributed by atoms with van der Waals surface area (Å²) in [5.41, 5.74) is 1.40. The highest BCUT2D eigenvalue weighted by molar-refractivity contribution is 9.10. The predicted octanol–water partition coefficient (Wildman–Crippen LogP) is 2.20. The van der Waals surface area contributed by atoms with E-state index in [1.54, 1.807) is 12.3 Å². The highest BCUT2D eigenvalue weighted by Gasteiger charge is 2.04. The van der Waals surface area contributed by atoms with Crippen LogP contribution >= 0.6 is 15.9 Å². The lowest BCUT2D eigenvalue weighted by Crippen LogP contribution is -1.78. The van der Waals surface area contributed by atoms with Gasteiger partial charge in [0.25, 0.3) is 0 Å². The van der Waals surface area contributed by atoms with Gasteiger partial charge in [0.1, 0.15) is 6.07 Å². The van der Waals surface area contributed by atoms with E-state index >= 15 is 0 Å². The number of aromatic nitrogens is 2. The third-order valence-electron chi connectivity index (χ3n) is 1.68. The molecule has 0 atom stereocenters. The minimum absolute atomic E-state index is 0.616. The van der Waals surface area contributed by atoms with E-state index in [0.29, 0.717) is 5.56 Å². The number of nitrogens with zero attached hydrogens (tertiary/aromatic N) is 2. The average Bonchev–Trinajstić information content (AvgIpc) is 2.54. The van der Waals surface area contributed by atoms with Crippen LogP contribution in [0.25, 0.3) is 10.9 Å². The summed E-state index contributed by atoms with van der Waals surface area (Å²) >= 11 is 3.37. The maximum atomic E-state index is 8.73. The lowest BCUT2D eigenvalue weighted by Gasteiger charge is -1.93. The highest BCUT2D eigenvalue weighted by atomic mass is 79.9. The summed E-state index contributed by atoms with van der Waals surface area (Å²) in [5, 5.41) is 16.3. The Labute approximate surface area is 77.1 Å². The summed E-state index contributed by atoms with van der Waals surface area (Å²) in [6.45, 7) is 0. The van der Waals surface area contributed by atoms with Crippen LogP contribution in [-0.4, -0.2) is 10.2 Å². The summed E-state index contributed by atoms with van der Waals surface area (Å²) in [6, 6.07) is 5.69. The van der Waals surface area contributed by atoms with Crippen LogP contribution in [0.5, 0.6) is 0 Å². The molecule has 0 bridgehead atoms. The van der Waals surface area contributed by atoms with Crippen LogP contribution in [0.4, 0.5) is 0 Å². The molecule has 3 nitrogen and oxygen atoms in total. The van der Waals surface area contributed by atoms with E-state index in [2.05, 4.69) is 32.2 Å². The van der Waals surface area contributed by atoms with Crippen molar-refractivity contribution in [3.8, 4) is 6.07 Å². The molecule has 0 aliphatic heterocycles. The fraction of sp³-hybridized carbons (Fsp3) is 0. The zero-order valence-corrected chi connectivity index (χ0v) is 7.59. The van der Waals surface area contributed by atoms with E-state index in [0.717, 1.165) is 15.4 Å². The number of rotatable bonds is 0. The molecule has 0 aliphatic rings. The number of hydrogen-bond acceptors (Lipinski definition) is 2. The van der Waals surface area contributed by atoms with Gasteiger partial charge in [0, 0.05) is 9.86 Å². The monoisotopic (exact) mass is 221 g/mol. The molecule has 1 N–H and O–H groups in total. The Morgan fingerprint density at radius 2 is 2.33 bits per heavy atom. The molecule has 0 saturated heterocycles. The SMILES string of the molecule is N#Cc1ccc(Br)c2cn[nH]c12. The first-order valence-electron chi connectivity index (χ1n) is 3.34. The molecule has 0 amide bonds. The van der Waals surface area contributed by atoms with E-state index in [9.17, 15) is 0 Å². The van der Waals surface area contributed by atoms with Crippen molar-refractivity contribution in [1.82, 2.24) is 10.2 Å². The first kappa shape index (κ1) is 7.32. The van der Waals surface area contributed by atoms with Gasteiger partial charge in [0.2, 0.25) is 0 Å². The van der Waals surface area contributed by atoms with Gasteiger partial charge in [-0.2, -0.15) is 10.4 Å². The average molecular weight is 222 g/mol. The van der Waals surface area contributed by atoms with Gasteiger partial charge in [-0.05, 0) is 12.1 Å². The molecule has 12 heavy (non-hydrogen) atoms. The predicted molar refractivity (Wildman–Crippen MR) is 48.5 cm³/mol. The van der Waals surface area contributed by atoms with Crippen molar-refractivity contribution in [3.63, 3.8) is 0 Å². The summed E-state index contributed by atoms with van der Waals surface area (Å²) in [4.78, 5) is 0. The van der Waals surface area contributed by atoms with Crippen molar-refractivity contribution in [1.29, 1.82) is 5.26 Å². The van der Waals surface area contributed by atoms with Gasteiger partial charge in [0.15, 0.2) is 0 Å². The summed E-state index contributed by atoms with van der Waals surface area (Å²) in [5.74, 6) is 0. The van der Waals surface area contributed by atoms with Crippen LogP contribution < -0.4 is 0 Å². The van der Waals surface area contributed by atoms with Gasteiger partial charge in [-0.1, -0.05) is 15.9 Å². The molecule has 58 valence electrons. The maximum Gasteiger partial charge on any atom is 0.101 e. The number of benzene rings is 1. The lowest BCUT2D eigenvalue weighted by atomic mass is 10.2. The Bertz CT molecular complexity index is 467. The van der Waals surface area contributed by atoms with E-state index in [1.807, 2.05) is 6.07 Å². The normalized spacial score (nSPS) is 10.0. The largest absolute Gasteiger partial charge is 0.276 e. The number of fused-ring (bicyclic) bond motifs is 1. The zero-order valence-electron chi connectivity index (χ0n) is 6.00. The molecule has 4 heteroatoms. The first-order valence-corrected chi connectivity index (χ1v) is 4.14. The first-order chi connectivity index (χ1) is 5.83. The molecule has 0 spiro atoms. The van der Waals surface area contributed by atoms with Gasteiger partial charge in [-0.3, -0.25) is 5.10 Å². The number of aromatic amines is 1. The van der Waals surface area contributed by atoms with Crippen molar-refractivity contribution in [2.24, 2.45) is 0 Å². The minimum atomic E-state index is 0.616. The maximum absolute atomic E-state index is 8.73. The van der Waals surface area contributed by atoms with Crippen LogP contribution in [0.1, 0.15) is 5.56 Å². The summed E-state index contributed by atoms with van der Waals surface area (Å²) in [6.07, 6.45) is 1.69. The van der Waals surface area contributed by atoms with E-state index < -0.39 is 0 Å². The molecular formula is C8H4BrN3. The van der Waals surface area contributed by atoms with Crippen LogP contribution in [0.3, 0.4) is 0 Å². The second kappa shape index (κ2) is 2.61. The number of H-pyrrole nitrogens is 1. The van der Waals surface area contributed by atoms with Crippen LogP contribution in [0, 0.1) is 11.3 Å². The third kappa shape index (κ3) is 0.908. The van der Waals surface area contributed by atoms with Gasteiger partial charge in [-0.15, -0.1) is 0 Å². The smallest absolute Gasteiger partial charge is 0.101 e. The molecule has 0 unspecified atom stereocenters. The summed E-state index contributed by atoms with van der Waals surface area (Å²) in [7, 11) is 0. The van der Waals surface area contributed by atoms with Crippen molar-refractivity contribution in [3.05, 3.63) is 28.4 Å². The lowest BCUT2D eigenvalue weighted by molar-refractivity contribution is 1.12. The number of nitrogens with one attached hydrogen (secondary N) is 1. The van der Waals surface area contributed by atoms with Gasteiger partial charge >= 0.3 is 0 Å². The van der Waals surface area contributed by atoms with Gasteiger partial charge < -0.3 is 0 Å². The quantitative estimate of drug-likeness (QED) is 0.742. The Hall–Kier alpha value is -1.34. The van der Waals surface area contributed by atoms with E-state index in [4.69, 9.17) is 5.26 Å². The number of nitriles is 1. The Morgan fingerprint density at radius 3 is 3.08 bits per heavy atom. The molecule has 1 aromatic carbocycles. The second-order valence-corrected chi connectivity index (χ2v) is 3.22. The molecular weight excluding hydrogens is 218 g/mol. The Morgan fingerprint density at radius 1 is 1.50 bits per heavy atom. The zero-order chi connectivity index (χ0) is 8.55.